The van der Waals surface area contributed by atoms with E-state index in [4.69, 9.17) is 29.2 Å². The van der Waals surface area contributed by atoms with E-state index in [0.29, 0.717) is 50.3 Å². The highest BCUT2D eigenvalue weighted by molar-refractivity contribution is 5.66. The highest BCUT2D eigenvalue weighted by atomic mass is 16.5. The Balaban J connectivity index is 1.49. The molecule has 7 aromatic heterocycles. The van der Waals surface area contributed by atoms with E-state index in [1.807, 2.05) is 90.2 Å². The highest BCUT2D eigenvalue weighted by Crippen LogP contribution is 2.15. The minimum absolute atomic E-state index is 0.507. The summed E-state index contributed by atoms with van der Waals surface area (Å²) in [5, 5.41) is 4.48. The van der Waals surface area contributed by atoms with Crippen molar-refractivity contribution in [3.8, 4) is 17.2 Å². The van der Waals surface area contributed by atoms with Crippen molar-refractivity contribution >= 4 is 65.4 Å². The van der Waals surface area contributed by atoms with Crippen LogP contribution in [-0.2, 0) is 21.1 Å². The first-order chi connectivity index (χ1) is 27.7. The van der Waals surface area contributed by atoms with Crippen LogP contribution >= 0.6 is 0 Å². The molecule has 0 unspecified atom stereocenters. The molecule has 0 fully saturated rings. The van der Waals surface area contributed by atoms with Crippen LogP contribution in [0.2, 0.25) is 0 Å². The molecule has 0 saturated heterocycles. The third-order valence-corrected chi connectivity index (χ3v) is 8.10. The molecule has 9 heteroatoms. The van der Waals surface area contributed by atoms with Gasteiger partial charge in [0.25, 0.3) is 0 Å². The molecule has 7 rings (SSSR count). The van der Waals surface area contributed by atoms with Gasteiger partial charge in [-0.05, 0) is 54.6 Å². The molecule has 0 aliphatic rings. The summed E-state index contributed by atoms with van der Waals surface area (Å²) in [7, 11) is 10.6. The van der Waals surface area contributed by atoms with Crippen molar-refractivity contribution in [1.82, 2.24) is 15.0 Å². The van der Waals surface area contributed by atoms with Gasteiger partial charge in [0.1, 0.15) is 71.5 Å². The van der Waals surface area contributed by atoms with Crippen LogP contribution in [0.5, 0.6) is 17.2 Å². The number of aryl methyl sites for hydroxylation is 3. The Morgan fingerprint density at radius 2 is 0.509 bits per heavy atom. The standard InChI is InChI=1S/C48H33N6O3/c1-52-28-34-7-13-40-22-46(55-4)24-42(49-40)15-9-36-20-38(32-53(2)30-36)11-17-44-26-48(57-6)27-45(51-44)18-12-39-21-37(31-54(3)33-39)10-16-43-25-47(56-5)23-41(50-43)14-8-35(19-34)29-52/h19-33H,1-6H3/q+3. The van der Waals surface area contributed by atoms with Crippen LogP contribution in [0.4, 0.5) is 0 Å². The number of nitrogens with zero attached hydrogens (tertiary/aromatic N) is 6. The number of methoxy groups -OCH3 is 3. The molecule has 270 valence electrons. The summed E-state index contributed by atoms with van der Waals surface area (Å²) in [4.78, 5) is 14.1. The lowest BCUT2D eigenvalue weighted by atomic mass is 10.3. The SMILES string of the molecule is COc1cc2c#cc3cc(c#cc4cc(OC)cc(c#cc5cc(c#cc6cc(OC)cc(c#cc7cc(c#cc(c1)n2)c[n+](C)c7)n6)c[n+](C)c5)n4)c[n+](C)c3. The first-order valence-electron chi connectivity index (χ1n) is 17.5. The van der Waals surface area contributed by atoms with Crippen molar-refractivity contribution in [1.29, 1.82) is 0 Å². The zero-order valence-corrected chi connectivity index (χ0v) is 32.1. The van der Waals surface area contributed by atoms with Gasteiger partial charge < -0.3 is 14.2 Å². The van der Waals surface area contributed by atoms with Gasteiger partial charge in [-0.1, -0.05) is 36.4 Å². The maximum Gasteiger partial charge on any atom is 0.184 e. The zero-order chi connectivity index (χ0) is 39.7. The smallest absolute Gasteiger partial charge is 0.184 e. The van der Waals surface area contributed by atoms with Crippen molar-refractivity contribution in [3.63, 3.8) is 0 Å². The second-order valence-electron chi connectivity index (χ2n) is 12.8. The molecule has 0 aliphatic carbocycles. The Morgan fingerprint density at radius 3 is 0.684 bits per heavy atom. The van der Waals surface area contributed by atoms with Crippen LogP contribution in [0.1, 0.15) is 0 Å². The van der Waals surface area contributed by atoms with E-state index in [2.05, 4.69) is 72.8 Å². The normalized spacial score (nSPS) is 9.79. The fourth-order valence-electron chi connectivity index (χ4n) is 5.64. The molecular formula is C48H33N6O3+3. The summed E-state index contributed by atoms with van der Waals surface area (Å²) in [6.45, 7) is 0. The first-order valence-corrected chi connectivity index (χ1v) is 17.5. The van der Waals surface area contributed by atoms with Gasteiger partial charge in [0, 0.05) is 36.4 Å². The van der Waals surface area contributed by atoms with Gasteiger partial charge in [0.05, 0.1) is 53.6 Å². The van der Waals surface area contributed by atoms with Crippen molar-refractivity contribution in [2.45, 2.75) is 0 Å². The van der Waals surface area contributed by atoms with Gasteiger partial charge in [-0.2, -0.15) is 0 Å². The third-order valence-electron chi connectivity index (χ3n) is 8.10. The summed E-state index contributed by atoms with van der Waals surface area (Å²) >= 11 is 0. The van der Waals surface area contributed by atoms with Crippen LogP contribution in [-0.4, -0.2) is 36.3 Å². The summed E-state index contributed by atoms with van der Waals surface area (Å²) in [6.07, 6.45) is 11.5. The lowest BCUT2D eigenvalue weighted by Crippen LogP contribution is -2.25. The van der Waals surface area contributed by atoms with Crippen LogP contribution in [0.25, 0.3) is 65.4 Å². The van der Waals surface area contributed by atoms with Crippen LogP contribution in [0.15, 0.2) is 91.8 Å². The van der Waals surface area contributed by atoms with Crippen LogP contribution < -0.4 is 27.9 Å². The van der Waals surface area contributed by atoms with Crippen molar-refractivity contribution in [2.24, 2.45) is 21.1 Å². The lowest BCUT2D eigenvalue weighted by molar-refractivity contribution is -0.669. The number of hydrogen-bond acceptors (Lipinski definition) is 6. The van der Waals surface area contributed by atoms with Gasteiger partial charge >= 0.3 is 0 Å². The minimum Gasteiger partial charge on any atom is -0.497 e. The highest BCUT2D eigenvalue weighted by Gasteiger charge is 2.00. The van der Waals surface area contributed by atoms with E-state index in [1.54, 1.807) is 57.7 Å². The second kappa shape index (κ2) is 16.8. The van der Waals surface area contributed by atoms with E-state index < -0.39 is 0 Å². The molecule has 0 aromatic carbocycles. The van der Waals surface area contributed by atoms with Crippen molar-refractivity contribution < 1.29 is 27.9 Å². The molecule has 0 spiro atoms. The quantitative estimate of drug-likeness (QED) is 0.209. The maximum absolute atomic E-state index is 5.56. The molecule has 0 aliphatic heterocycles. The van der Waals surface area contributed by atoms with E-state index >= 15 is 0 Å². The van der Waals surface area contributed by atoms with E-state index in [1.165, 1.54) is 0 Å². The molecular weight excluding hydrogens is 709 g/mol. The number of hydrogen-bond donors (Lipinski definition) is 0. The fraction of sp³-hybridized carbons (Fsp3) is 0.125. The molecule has 12 bridgehead atoms. The number of aromatic nitrogens is 6. The predicted molar refractivity (Wildman–Crippen MR) is 213 cm³/mol. The van der Waals surface area contributed by atoms with Crippen molar-refractivity contribution in [3.05, 3.63) is 165 Å². The largest absolute Gasteiger partial charge is 0.497 e. The van der Waals surface area contributed by atoms with Crippen LogP contribution in [0, 0.1) is 72.8 Å². The fourth-order valence-corrected chi connectivity index (χ4v) is 5.64. The Bertz CT molecular complexity index is 2490. The monoisotopic (exact) mass is 741 g/mol. The van der Waals surface area contributed by atoms with Gasteiger partial charge in [0.2, 0.25) is 0 Å². The van der Waals surface area contributed by atoms with E-state index in [9.17, 15) is 0 Å². The van der Waals surface area contributed by atoms with E-state index in [-0.39, 0.29) is 0 Å². The number of ether oxygens (including phenoxy) is 3. The van der Waals surface area contributed by atoms with E-state index in [0.717, 1.165) is 32.3 Å². The van der Waals surface area contributed by atoms with Gasteiger partial charge in [-0.15, -0.1) is 0 Å². The van der Waals surface area contributed by atoms with Crippen molar-refractivity contribution in [2.75, 3.05) is 21.3 Å². The maximum atomic E-state index is 5.56. The summed E-state index contributed by atoms with van der Waals surface area (Å²) in [5.41, 5.74) is 3.04. The average Bonchev–Trinajstić information content (AvgIpc) is 3.21. The molecule has 0 saturated carbocycles. The topological polar surface area (TPSA) is 78.0 Å². The molecule has 0 atom stereocenters. The van der Waals surface area contributed by atoms with Gasteiger partial charge in [-0.3, -0.25) is 0 Å². The summed E-state index contributed by atoms with van der Waals surface area (Å²) in [5.74, 6) is 1.77. The lowest BCUT2D eigenvalue weighted by Gasteiger charge is -1.97. The third kappa shape index (κ3) is 10.0. The minimum atomic E-state index is 0.507. The number of rotatable bonds is 3. The second-order valence-corrected chi connectivity index (χ2v) is 12.8. The first kappa shape index (κ1) is 37.0. The Hall–Kier alpha value is -8.34. The zero-order valence-electron chi connectivity index (χ0n) is 32.1. The summed E-state index contributed by atoms with van der Waals surface area (Å²) in [6, 6.07) is 54.7. The molecule has 0 N–H and O–H groups in total. The molecule has 7 aromatic rings. The Kier molecular flexibility index (Phi) is 10.9. The summed E-state index contributed by atoms with van der Waals surface area (Å²) < 4.78 is 22.4. The molecule has 9 nitrogen and oxygen atoms in total. The molecule has 7 heterocycles. The molecule has 0 radical (unpaired) electrons. The molecule has 0 amide bonds. The molecule has 57 heavy (non-hydrogen) atoms. The number of pyridine rings is 6. The van der Waals surface area contributed by atoms with Gasteiger partial charge in [0.15, 0.2) is 37.2 Å². The predicted octanol–water partition coefficient (Wildman–Crippen LogP) is 5.95. The Morgan fingerprint density at radius 1 is 0.316 bits per heavy atom. The van der Waals surface area contributed by atoms with Crippen LogP contribution in [0.3, 0.4) is 0 Å². The number of fused-ring (bicyclic) bond motifs is 12. The Labute approximate surface area is 331 Å². The van der Waals surface area contributed by atoms with Gasteiger partial charge in [-0.25, -0.2) is 28.7 Å². The average molecular weight is 742 g/mol.